The molecular weight excluding hydrogens is 1110 g/mol. The van der Waals surface area contributed by atoms with E-state index < -0.39 is 60.8 Å². The number of carbonyl (C=O) groups excluding carboxylic acids is 3. The third-order valence-electron chi connectivity index (χ3n) is 14.7. The molecule has 0 aliphatic carbocycles. The molecule has 2 heterocycles. The number of esters is 1. The number of allylic oxidation sites excluding steroid dienone is 6. The average molecular weight is 1180 g/mol. The van der Waals surface area contributed by atoms with Crippen molar-refractivity contribution >= 4 is 88.9 Å². The monoisotopic (exact) mass is 1180 g/mol. The van der Waals surface area contributed by atoms with E-state index in [1.165, 1.54) is 31.4 Å². The van der Waals surface area contributed by atoms with E-state index in [1.807, 2.05) is 109 Å². The number of anilines is 1. The second-order valence-electron chi connectivity index (χ2n) is 20.6. The molecule has 81 heavy (non-hydrogen) atoms. The van der Waals surface area contributed by atoms with Crippen molar-refractivity contribution in [2.24, 2.45) is 0 Å². The van der Waals surface area contributed by atoms with Crippen molar-refractivity contribution in [1.82, 2.24) is 5.32 Å². The van der Waals surface area contributed by atoms with Crippen molar-refractivity contribution in [3.63, 3.8) is 0 Å². The number of methoxy groups -OCH3 is 2. The summed E-state index contributed by atoms with van der Waals surface area (Å²) < 4.78 is 115. The first-order chi connectivity index (χ1) is 38.4. The fourth-order valence-corrected chi connectivity index (χ4v) is 14.6. The highest BCUT2D eigenvalue weighted by atomic mass is 32.2. The minimum Gasteiger partial charge on any atom is -0.465 e. The zero-order valence-electron chi connectivity index (χ0n) is 45.9. The van der Waals surface area contributed by atoms with E-state index in [0.29, 0.717) is 90.7 Å². The van der Waals surface area contributed by atoms with E-state index in [9.17, 15) is 53.3 Å². The molecule has 2 aliphatic heterocycles. The fraction of sp³-hybridized carbons (Fsp3) is 0.333. The van der Waals surface area contributed by atoms with Crippen molar-refractivity contribution in [1.29, 1.82) is 0 Å². The molecular formula is C60H69N3O14PS3+. The van der Waals surface area contributed by atoms with E-state index >= 15 is 0 Å². The lowest BCUT2D eigenvalue weighted by molar-refractivity contribution is -0.441. The molecule has 4 N–H and O–H groups in total. The number of nitrogens with zero attached hydrogens (tertiary/aromatic N) is 2. The summed E-state index contributed by atoms with van der Waals surface area (Å²) in [4.78, 5) is 41.3. The van der Waals surface area contributed by atoms with Crippen LogP contribution in [0.15, 0.2) is 161 Å². The van der Waals surface area contributed by atoms with Crippen LogP contribution in [0.4, 0.5) is 11.4 Å². The Balaban J connectivity index is 1.03. The Morgan fingerprint density at radius 3 is 1.95 bits per heavy atom. The number of amides is 1. The van der Waals surface area contributed by atoms with Gasteiger partial charge in [-0.1, -0.05) is 85.3 Å². The Bertz CT molecular complexity index is 3580. The van der Waals surface area contributed by atoms with Gasteiger partial charge in [0, 0.05) is 78.4 Å². The molecule has 0 bridgehead atoms. The minimum atomic E-state index is -4.64. The lowest BCUT2D eigenvalue weighted by Crippen LogP contribution is -2.30. The molecule has 1 amide bonds. The van der Waals surface area contributed by atoms with Crippen molar-refractivity contribution < 1.29 is 67.3 Å². The smallest absolute Gasteiger partial charge is 0.338 e. The Labute approximate surface area is 476 Å². The fourth-order valence-electron chi connectivity index (χ4n) is 10.6. The van der Waals surface area contributed by atoms with Crippen molar-refractivity contribution in [2.75, 3.05) is 51.1 Å². The van der Waals surface area contributed by atoms with Gasteiger partial charge in [-0.15, -0.1) is 0 Å². The summed E-state index contributed by atoms with van der Waals surface area (Å²) in [6, 6.07) is 33.4. The Morgan fingerprint density at radius 1 is 0.704 bits per heavy atom. The molecule has 0 fully saturated rings. The number of unbranched alkanes of at least 4 members (excludes halogenated alkanes) is 2. The molecule has 0 spiro atoms. The highest BCUT2D eigenvalue weighted by Gasteiger charge is 2.46. The van der Waals surface area contributed by atoms with Gasteiger partial charge in [-0.25, -0.2) is 4.79 Å². The van der Waals surface area contributed by atoms with Crippen LogP contribution in [0.3, 0.4) is 0 Å². The summed E-state index contributed by atoms with van der Waals surface area (Å²) >= 11 is 0. The normalized spacial score (nSPS) is 16.7. The van der Waals surface area contributed by atoms with Gasteiger partial charge >= 0.3 is 5.97 Å². The largest absolute Gasteiger partial charge is 0.465 e. The second kappa shape index (κ2) is 26.6. The third kappa shape index (κ3) is 15.2. The van der Waals surface area contributed by atoms with Crippen LogP contribution in [-0.4, -0.2) is 113 Å². The van der Waals surface area contributed by atoms with Crippen molar-refractivity contribution in [2.45, 2.75) is 92.8 Å². The van der Waals surface area contributed by atoms with Gasteiger partial charge in [-0.2, -0.15) is 29.8 Å². The highest BCUT2D eigenvalue weighted by molar-refractivity contribution is 7.86. The number of nitrogens with one attached hydrogen (secondary N) is 1. The standard InChI is InChI=1S/C60H68N3O14PS3/c1-59(2)50-41-47(80(70,71)72)29-32-52(50)63(37-38-76-4)55(59)26-15-8-16-27-56-60(3,34-19-39-79(67,68)69)51-42-48(81(73,74)75)30-33-53(51)62(56)36-17-9-10-20-44(64)21-18-35-61-57(65)43-28-31-49(58(66)77-5)54(40-43)78(45-22-11-6-12-23-45)46-24-13-7-14-25-46/h6-8,11-16,22-33,40-42H,9-10,17-21,34-39H2,1-5H3,(H3-,61,65,67,68,69,70,71,72,73,74,75)/p+1. The van der Waals surface area contributed by atoms with Gasteiger partial charge in [-0.05, 0) is 132 Å². The van der Waals surface area contributed by atoms with E-state index in [2.05, 4.69) is 5.32 Å². The maximum atomic E-state index is 13.6. The van der Waals surface area contributed by atoms with Gasteiger partial charge < -0.3 is 19.7 Å². The van der Waals surface area contributed by atoms with E-state index in [4.69, 9.17) is 9.47 Å². The van der Waals surface area contributed by atoms with Crippen LogP contribution in [0.2, 0.25) is 0 Å². The van der Waals surface area contributed by atoms with Gasteiger partial charge in [-0.3, -0.25) is 23.2 Å². The van der Waals surface area contributed by atoms with Gasteiger partial charge in [0.2, 0.25) is 5.69 Å². The van der Waals surface area contributed by atoms with Gasteiger partial charge in [0.25, 0.3) is 36.3 Å². The number of ketones is 1. The Morgan fingerprint density at radius 2 is 1.33 bits per heavy atom. The topological polar surface area (TPSA) is 251 Å². The SMILES string of the molecule is COCC[N+]1=C(/C=C/C=C/C=C2/N(CCCCCC(=O)CCCNC(=O)c3ccc(C(=O)OC)c(P(c4ccccc4)c4ccccc4)c3)c3ccc(S(=O)(=O)O)cc3C2(C)CCCS(=O)(=O)O)C(C)(C)c2cc(S(=O)(=O)O)ccc21. The predicted molar refractivity (Wildman–Crippen MR) is 315 cm³/mol. The van der Waals surface area contributed by atoms with E-state index in [-0.39, 0.29) is 47.3 Å². The van der Waals surface area contributed by atoms with Crippen LogP contribution in [0.5, 0.6) is 0 Å². The number of fused-ring (bicyclic) bond motifs is 2. The number of Topliss-reactive ketones (excluding diaryl/α,β-unsaturated/α-hetero) is 1. The molecule has 0 aromatic heterocycles. The van der Waals surface area contributed by atoms with E-state index in [0.717, 1.165) is 22.0 Å². The number of hydrogen-bond donors (Lipinski definition) is 4. The maximum Gasteiger partial charge on any atom is 0.338 e. The Hall–Kier alpha value is -6.48. The first-order valence-corrected chi connectivity index (χ1v) is 32.3. The van der Waals surface area contributed by atoms with Crippen LogP contribution in [0.1, 0.15) is 104 Å². The number of rotatable bonds is 27. The van der Waals surface area contributed by atoms with Crippen molar-refractivity contribution in [3.8, 4) is 0 Å². The molecule has 1 unspecified atom stereocenters. The van der Waals surface area contributed by atoms with Crippen LogP contribution >= 0.6 is 7.92 Å². The summed E-state index contributed by atoms with van der Waals surface area (Å²) in [7, 11) is -11.8. The quantitative estimate of drug-likeness (QED) is 0.00960. The average Bonchev–Trinajstić information content (AvgIpc) is 3.90. The second-order valence-corrected chi connectivity index (χ2v) is 27.2. The summed E-state index contributed by atoms with van der Waals surface area (Å²) in [5.74, 6) is -1.35. The molecule has 0 saturated carbocycles. The molecule has 5 aromatic rings. The van der Waals surface area contributed by atoms with Gasteiger partial charge in [0.1, 0.15) is 12.4 Å². The molecule has 0 saturated heterocycles. The maximum absolute atomic E-state index is 13.6. The number of benzene rings is 5. The molecule has 430 valence electrons. The molecule has 17 nitrogen and oxygen atoms in total. The minimum absolute atomic E-state index is 0.0195. The molecule has 21 heteroatoms. The zero-order valence-corrected chi connectivity index (χ0v) is 49.3. The lowest BCUT2D eigenvalue weighted by atomic mass is 9.77. The van der Waals surface area contributed by atoms with E-state index in [1.54, 1.807) is 49.6 Å². The zero-order chi connectivity index (χ0) is 58.8. The number of hydrogen-bond acceptors (Lipinski definition) is 12. The van der Waals surface area contributed by atoms with Crippen LogP contribution in [0.25, 0.3) is 0 Å². The number of ether oxygens (including phenoxy) is 2. The molecule has 5 aromatic carbocycles. The summed E-state index contributed by atoms with van der Waals surface area (Å²) in [5, 5.41) is 5.61. The lowest BCUT2D eigenvalue weighted by Gasteiger charge is -2.30. The molecule has 2 aliphatic rings. The van der Waals surface area contributed by atoms with Crippen LogP contribution in [-0.2, 0) is 55.5 Å². The van der Waals surface area contributed by atoms with Gasteiger partial charge in [0.15, 0.2) is 12.3 Å². The Kier molecular flexibility index (Phi) is 20.4. The van der Waals surface area contributed by atoms with Crippen LogP contribution in [0, 0.1) is 0 Å². The first kappa shape index (κ1) is 62.1. The van der Waals surface area contributed by atoms with Crippen molar-refractivity contribution in [3.05, 3.63) is 174 Å². The molecule has 1 atom stereocenters. The third-order valence-corrected chi connectivity index (χ3v) is 19.7. The van der Waals surface area contributed by atoms with Gasteiger partial charge in [0.05, 0.1) is 33.6 Å². The molecule has 0 radical (unpaired) electrons. The highest BCUT2D eigenvalue weighted by Crippen LogP contribution is 2.51. The summed E-state index contributed by atoms with van der Waals surface area (Å²) in [6.07, 6.45) is 12.1. The summed E-state index contributed by atoms with van der Waals surface area (Å²) in [6.45, 7) is 7.25. The van der Waals surface area contributed by atoms with Crippen LogP contribution < -0.4 is 26.1 Å². The predicted octanol–water partition coefficient (Wildman–Crippen LogP) is 8.53. The number of carbonyl (C=O) groups is 3. The molecule has 7 rings (SSSR count). The summed E-state index contributed by atoms with van der Waals surface area (Å²) in [5.41, 5.74) is 3.22. The first-order valence-electron chi connectivity index (χ1n) is 26.5.